The second kappa shape index (κ2) is 9.89. The summed E-state index contributed by atoms with van der Waals surface area (Å²) in [5, 5.41) is 20.2. The lowest BCUT2D eigenvalue weighted by Crippen LogP contribution is -2.40. The summed E-state index contributed by atoms with van der Waals surface area (Å²) >= 11 is 6.50. The van der Waals surface area contributed by atoms with E-state index in [9.17, 15) is 18.5 Å². The summed E-state index contributed by atoms with van der Waals surface area (Å²) < 4.78 is 34.4. The van der Waals surface area contributed by atoms with Crippen LogP contribution in [0.2, 0.25) is 5.15 Å². The zero-order chi connectivity index (χ0) is 24.3. The fraction of sp³-hybridized carbons (Fsp3) is 0.238. The van der Waals surface area contributed by atoms with Crippen molar-refractivity contribution in [3.05, 3.63) is 75.1 Å². The Hall–Kier alpha value is -3.32. The van der Waals surface area contributed by atoms with Crippen molar-refractivity contribution in [1.29, 1.82) is 0 Å². The van der Waals surface area contributed by atoms with Crippen molar-refractivity contribution in [2.24, 2.45) is 5.10 Å². The van der Waals surface area contributed by atoms with Gasteiger partial charge in [0.25, 0.3) is 5.69 Å². The third-order valence-corrected chi connectivity index (χ3v) is 7.49. The number of nitrogens with zero attached hydrogens (tertiary/aromatic N) is 5. The molecule has 3 aromatic rings. The van der Waals surface area contributed by atoms with Gasteiger partial charge in [0.1, 0.15) is 10.0 Å². The Morgan fingerprint density at radius 3 is 2.59 bits per heavy atom. The first-order chi connectivity index (χ1) is 16.3. The van der Waals surface area contributed by atoms with E-state index < -0.39 is 14.9 Å². The Balaban J connectivity index is 1.65. The molecular weight excluding hydrogens is 484 g/mol. The SMILES string of the molecule is Cc1nn(-c2ccccc2)c(Cl)c1C=NNc1ccc([N+](=O)[O-])cc1S(=O)(=O)N1CCOCC1. The van der Waals surface area contributed by atoms with Crippen LogP contribution in [-0.4, -0.2) is 59.9 Å². The summed E-state index contributed by atoms with van der Waals surface area (Å²) in [6.07, 6.45) is 1.43. The number of morpholine rings is 1. The Morgan fingerprint density at radius 1 is 1.21 bits per heavy atom. The van der Waals surface area contributed by atoms with Gasteiger partial charge in [0.05, 0.1) is 47.0 Å². The van der Waals surface area contributed by atoms with Crippen LogP contribution in [0.4, 0.5) is 11.4 Å². The zero-order valence-corrected chi connectivity index (χ0v) is 19.7. The Kier molecular flexibility index (Phi) is 6.93. The van der Waals surface area contributed by atoms with Crippen LogP contribution in [0.15, 0.2) is 58.5 Å². The molecule has 1 fully saturated rings. The van der Waals surface area contributed by atoms with Gasteiger partial charge in [-0.05, 0) is 25.1 Å². The van der Waals surface area contributed by atoms with Gasteiger partial charge < -0.3 is 4.74 Å². The van der Waals surface area contributed by atoms with E-state index in [1.165, 1.54) is 22.7 Å². The topological polar surface area (TPSA) is 132 Å². The molecule has 1 saturated heterocycles. The average molecular weight is 505 g/mol. The lowest BCUT2D eigenvalue weighted by atomic mass is 10.3. The molecule has 13 heteroatoms. The smallest absolute Gasteiger partial charge is 0.270 e. The predicted molar refractivity (Wildman–Crippen MR) is 127 cm³/mol. The van der Waals surface area contributed by atoms with E-state index in [0.29, 0.717) is 16.4 Å². The summed E-state index contributed by atoms with van der Waals surface area (Å²) in [5.41, 5.74) is 4.37. The minimum absolute atomic E-state index is 0.0950. The first-order valence-corrected chi connectivity index (χ1v) is 12.1. The standard InChI is InChI=1S/C21H21ClN6O5S/c1-15-18(21(22)27(25-15)16-5-3-2-4-6-16)14-23-24-19-8-7-17(28(29)30)13-20(19)34(31,32)26-9-11-33-12-10-26/h2-8,13-14,24H,9-12H2,1H3. The molecule has 34 heavy (non-hydrogen) atoms. The number of para-hydroxylation sites is 1. The fourth-order valence-corrected chi connectivity index (χ4v) is 5.31. The van der Waals surface area contributed by atoms with Crippen molar-refractivity contribution in [3.8, 4) is 5.69 Å². The van der Waals surface area contributed by atoms with Gasteiger partial charge in [-0.15, -0.1) is 0 Å². The Bertz CT molecular complexity index is 1340. The maximum atomic E-state index is 13.2. The van der Waals surface area contributed by atoms with Crippen LogP contribution >= 0.6 is 11.6 Å². The molecular formula is C21H21ClN6O5S. The van der Waals surface area contributed by atoms with Crippen LogP contribution in [0.5, 0.6) is 0 Å². The lowest BCUT2D eigenvalue weighted by Gasteiger charge is -2.26. The number of halogens is 1. The number of benzene rings is 2. The van der Waals surface area contributed by atoms with Crippen molar-refractivity contribution in [3.63, 3.8) is 0 Å². The second-order valence-corrected chi connectivity index (χ2v) is 9.63. The number of hydrazone groups is 1. The molecule has 1 aliphatic heterocycles. The molecule has 0 radical (unpaired) electrons. The quantitative estimate of drug-likeness (QED) is 0.297. The number of hydrogen-bond acceptors (Lipinski definition) is 8. The molecule has 1 aliphatic rings. The Morgan fingerprint density at radius 2 is 1.91 bits per heavy atom. The molecule has 0 aliphatic carbocycles. The van der Waals surface area contributed by atoms with Crippen molar-refractivity contribution >= 4 is 39.2 Å². The number of nitro groups is 1. The maximum absolute atomic E-state index is 13.2. The highest BCUT2D eigenvalue weighted by atomic mass is 35.5. The van der Waals surface area contributed by atoms with Crippen LogP contribution < -0.4 is 5.43 Å². The number of hydrogen-bond donors (Lipinski definition) is 1. The molecule has 0 bridgehead atoms. The van der Waals surface area contributed by atoms with E-state index >= 15 is 0 Å². The van der Waals surface area contributed by atoms with Gasteiger partial charge in [-0.3, -0.25) is 15.5 Å². The molecule has 0 unspecified atom stereocenters. The lowest BCUT2D eigenvalue weighted by molar-refractivity contribution is -0.385. The van der Waals surface area contributed by atoms with E-state index in [4.69, 9.17) is 16.3 Å². The zero-order valence-electron chi connectivity index (χ0n) is 18.1. The third kappa shape index (κ3) is 4.80. The minimum atomic E-state index is -4.02. The van der Waals surface area contributed by atoms with Crippen molar-refractivity contribution in [2.45, 2.75) is 11.8 Å². The van der Waals surface area contributed by atoms with E-state index in [2.05, 4.69) is 15.6 Å². The number of nitrogens with one attached hydrogen (secondary N) is 1. The first kappa shape index (κ1) is 23.8. The molecule has 2 heterocycles. The van der Waals surface area contributed by atoms with Crippen LogP contribution in [-0.2, 0) is 14.8 Å². The number of aryl methyl sites for hydroxylation is 1. The molecule has 178 valence electrons. The Labute approximate surface area is 200 Å². The van der Waals surface area contributed by atoms with Gasteiger partial charge in [0.2, 0.25) is 10.0 Å². The van der Waals surface area contributed by atoms with E-state index in [1.807, 2.05) is 30.3 Å². The molecule has 0 amide bonds. The van der Waals surface area contributed by atoms with Gasteiger partial charge in [-0.25, -0.2) is 13.1 Å². The predicted octanol–water partition coefficient (Wildman–Crippen LogP) is 3.21. The van der Waals surface area contributed by atoms with Gasteiger partial charge in [-0.2, -0.15) is 14.5 Å². The molecule has 4 rings (SSSR count). The van der Waals surface area contributed by atoms with Gasteiger partial charge in [0, 0.05) is 25.2 Å². The van der Waals surface area contributed by atoms with Crippen molar-refractivity contribution in [1.82, 2.24) is 14.1 Å². The number of rotatable bonds is 7. The summed E-state index contributed by atoms with van der Waals surface area (Å²) in [7, 11) is -4.02. The fourth-order valence-electron chi connectivity index (χ4n) is 3.42. The largest absolute Gasteiger partial charge is 0.379 e. The third-order valence-electron chi connectivity index (χ3n) is 5.19. The maximum Gasteiger partial charge on any atom is 0.270 e. The highest BCUT2D eigenvalue weighted by molar-refractivity contribution is 7.89. The molecule has 0 spiro atoms. The highest BCUT2D eigenvalue weighted by Gasteiger charge is 2.30. The number of aromatic nitrogens is 2. The van der Waals surface area contributed by atoms with E-state index in [1.54, 1.807) is 11.6 Å². The molecule has 1 N–H and O–H groups in total. The second-order valence-electron chi connectivity index (χ2n) is 7.36. The number of ether oxygens (including phenoxy) is 1. The van der Waals surface area contributed by atoms with Gasteiger partial charge in [-0.1, -0.05) is 29.8 Å². The average Bonchev–Trinajstić information content (AvgIpc) is 3.13. The van der Waals surface area contributed by atoms with E-state index in [0.717, 1.165) is 11.8 Å². The monoisotopic (exact) mass is 504 g/mol. The number of anilines is 1. The molecule has 0 atom stereocenters. The number of sulfonamides is 1. The number of nitro benzene ring substituents is 1. The van der Waals surface area contributed by atoms with Crippen LogP contribution in [0.25, 0.3) is 5.69 Å². The van der Waals surface area contributed by atoms with Crippen LogP contribution in [0.3, 0.4) is 0 Å². The van der Waals surface area contributed by atoms with Crippen molar-refractivity contribution in [2.75, 3.05) is 31.7 Å². The summed E-state index contributed by atoms with van der Waals surface area (Å²) in [6.45, 7) is 2.58. The molecule has 0 saturated carbocycles. The summed E-state index contributed by atoms with van der Waals surface area (Å²) in [5.74, 6) is 0. The van der Waals surface area contributed by atoms with Crippen LogP contribution in [0, 0.1) is 17.0 Å². The molecule has 1 aromatic heterocycles. The first-order valence-electron chi connectivity index (χ1n) is 10.2. The summed E-state index contributed by atoms with van der Waals surface area (Å²) in [6, 6.07) is 12.9. The normalized spacial score (nSPS) is 15.0. The van der Waals surface area contributed by atoms with Crippen molar-refractivity contribution < 1.29 is 18.1 Å². The van der Waals surface area contributed by atoms with Crippen LogP contribution in [0.1, 0.15) is 11.3 Å². The molecule has 11 nitrogen and oxygen atoms in total. The van der Waals surface area contributed by atoms with Gasteiger partial charge in [0.15, 0.2) is 0 Å². The summed E-state index contributed by atoms with van der Waals surface area (Å²) in [4.78, 5) is 10.4. The number of non-ortho nitro benzene ring substituents is 1. The minimum Gasteiger partial charge on any atom is -0.379 e. The van der Waals surface area contributed by atoms with E-state index in [-0.39, 0.29) is 42.6 Å². The molecule has 2 aromatic carbocycles. The highest BCUT2D eigenvalue weighted by Crippen LogP contribution is 2.30. The van der Waals surface area contributed by atoms with Gasteiger partial charge >= 0.3 is 0 Å².